The Morgan fingerprint density at radius 2 is 1.58 bits per heavy atom. The van der Waals surface area contributed by atoms with Gasteiger partial charge in [0.05, 0.1) is 25.4 Å². The number of carbonyl (C=O) groups excluding carboxylic acids is 1. The van der Waals surface area contributed by atoms with Crippen LogP contribution in [0.15, 0.2) is 72.8 Å². The van der Waals surface area contributed by atoms with E-state index in [-0.39, 0.29) is 30.8 Å². The number of hydrogen-bond donors (Lipinski definition) is 1. The van der Waals surface area contributed by atoms with Crippen molar-refractivity contribution < 1.29 is 27.1 Å². The van der Waals surface area contributed by atoms with Gasteiger partial charge in [-0.3, -0.25) is 9.10 Å². The molecular weight excluding hydrogens is 485 g/mol. The highest BCUT2D eigenvalue weighted by molar-refractivity contribution is 7.90. The van der Waals surface area contributed by atoms with Crippen LogP contribution in [0.3, 0.4) is 0 Å². The van der Waals surface area contributed by atoms with Gasteiger partial charge in [-0.05, 0) is 61.0 Å². The maximum atomic E-state index is 14.4. The second-order valence-corrected chi connectivity index (χ2v) is 10.4. The Kier molecular flexibility index (Phi) is 8.89. The lowest BCUT2D eigenvalue weighted by molar-refractivity contribution is 0.0926. The number of nitrogens with zero attached hydrogens (tertiary/aromatic N) is 2. The van der Waals surface area contributed by atoms with Crippen LogP contribution in [0.5, 0.6) is 11.5 Å². The van der Waals surface area contributed by atoms with Crippen LogP contribution in [0.1, 0.15) is 22.8 Å². The van der Waals surface area contributed by atoms with Crippen LogP contribution in [0.2, 0.25) is 0 Å². The molecule has 0 aliphatic rings. The first-order valence-corrected chi connectivity index (χ1v) is 12.6. The van der Waals surface area contributed by atoms with Gasteiger partial charge < -0.3 is 14.8 Å². The van der Waals surface area contributed by atoms with Crippen LogP contribution in [0, 0.1) is 5.82 Å². The van der Waals surface area contributed by atoms with Gasteiger partial charge in [0.15, 0.2) is 0 Å². The number of rotatable bonds is 11. The third kappa shape index (κ3) is 6.73. The summed E-state index contributed by atoms with van der Waals surface area (Å²) in [5.74, 6) is 0.445. The van der Waals surface area contributed by atoms with Gasteiger partial charge in [-0.2, -0.15) is 12.7 Å². The van der Waals surface area contributed by atoms with Gasteiger partial charge in [-0.15, -0.1) is 0 Å². The average Bonchev–Trinajstić information content (AvgIpc) is 2.87. The van der Waals surface area contributed by atoms with Crippen LogP contribution >= 0.6 is 0 Å². The van der Waals surface area contributed by atoms with Crippen LogP contribution in [-0.4, -0.2) is 52.5 Å². The molecule has 0 radical (unpaired) electrons. The summed E-state index contributed by atoms with van der Waals surface area (Å²) in [7, 11) is 0.396. The first-order chi connectivity index (χ1) is 17.1. The number of ether oxygens (including phenoxy) is 2. The molecule has 0 bridgehead atoms. The van der Waals surface area contributed by atoms with Crippen molar-refractivity contribution >= 4 is 21.8 Å². The number of nitrogens with one attached hydrogen (secondary N) is 1. The van der Waals surface area contributed by atoms with E-state index in [2.05, 4.69) is 5.32 Å². The molecule has 10 heteroatoms. The highest BCUT2D eigenvalue weighted by atomic mass is 32.2. The molecule has 0 unspecified atom stereocenters. The Bertz CT molecular complexity index is 1270. The van der Waals surface area contributed by atoms with E-state index in [9.17, 15) is 17.6 Å². The minimum atomic E-state index is -3.96. The molecule has 0 heterocycles. The summed E-state index contributed by atoms with van der Waals surface area (Å²) in [6, 6.07) is 19.1. The summed E-state index contributed by atoms with van der Waals surface area (Å²) in [4.78, 5) is 12.7. The van der Waals surface area contributed by atoms with E-state index in [1.165, 1.54) is 32.3 Å². The summed E-state index contributed by atoms with van der Waals surface area (Å²) >= 11 is 0. The fourth-order valence-electron chi connectivity index (χ4n) is 3.31. The molecule has 1 N–H and O–H groups in total. The van der Waals surface area contributed by atoms with Gasteiger partial charge in [0.2, 0.25) is 0 Å². The summed E-state index contributed by atoms with van der Waals surface area (Å²) in [5.41, 5.74) is 0.942. The molecule has 0 aliphatic carbocycles. The van der Waals surface area contributed by atoms with E-state index in [0.29, 0.717) is 16.9 Å². The number of para-hydroxylation sites is 1. The SMILES string of the molecule is COc1ccc(OC[C@@H](C)NC(=O)c2ccc(CN(c3ccccc3F)S(=O)(=O)N(C)C)cc2)cc1. The van der Waals surface area contributed by atoms with E-state index >= 15 is 0 Å². The largest absolute Gasteiger partial charge is 0.497 e. The number of anilines is 1. The maximum Gasteiger partial charge on any atom is 0.303 e. The van der Waals surface area contributed by atoms with Crippen molar-refractivity contribution in [2.45, 2.75) is 19.5 Å². The normalized spacial score (nSPS) is 12.2. The fraction of sp³-hybridized carbons (Fsp3) is 0.269. The minimum Gasteiger partial charge on any atom is -0.497 e. The van der Waals surface area contributed by atoms with Crippen molar-refractivity contribution in [3.63, 3.8) is 0 Å². The minimum absolute atomic E-state index is 0.0568. The number of benzene rings is 3. The van der Waals surface area contributed by atoms with E-state index < -0.39 is 16.0 Å². The van der Waals surface area contributed by atoms with Crippen LogP contribution in [0.4, 0.5) is 10.1 Å². The Hall–Kier alpha value is -3.63. The highest BCUT2D eigenvalue weighted by Crippen LogP contribution is 2.25. The highest BCUT2D eigenvalue weighted by Gasteiger charge is 2.27. The molecule has 0 aliphatic heterocycles. The first-order valence-electron chi connectivity index (χ1n) is 11.2. The molecule has 1 atom stereocenters. The first kappa shape index (κ1) is 27.0. The zero-order chi connectivity index (χ0) is 26.3. The number of amides is 1. The zero-order valence-electron chi connectivity index (χ0n) is 20.6. The number of halogens is 1. The molecule has 0 spiro atoms. The van der Waals surface area contributed by atoms with Gasteiger partial charge in [0.25, 0.3) is 5.91 Å². The van der Waals surface area contributed by atoms with Gasteiger partial charge >= 0.3 is 10.2 Å². The Labute approximate surface area is 211 Å². The van der Waals surface area contributed by atoms with E-state index in [1.807, 2.05) is 6.92 Å². The van der Waals surface area contributed by atoms with Crippen molar-refractivity contribution in [3.8, 4) is 11.5 Å². The van der Waals surface area contributed by atoms with Crippen molar-refractivity contribution in [1.82, 2.24) is 9.62 Å². The number of methoxy groups -OCH3 is 1. The van der Waals surface area contributed by atoms with Gasteiger partial charge in [-0.25, -0.2) is 4.39 Å². The van der Waals surface area contributed by atoms with Crippen LogP contribution in [-0.2, 0) is 16.8 Å². The molecular formula is C26H30FN3O5S. The van der Waals surface area contributed by atoms with Crippen molar-refractivity contribution in [3.05, 3.63) is 89.7 Å². The lowest BCUT2D eigenvalue weighted by Gasteiger charge is -2.27. The second kappa shape index (κ2) is 11.9. The van der Waals surface area contributed by atoms with Crippen molar-refractivity contribution in [2.24, 2.45) is 0 Å². The van der Waals surface area contributed by atoms with Crippen molar-refractivity contribution in [1.29, 1.82) is 0 Å². The molecule has 8 nitrogen and oxygen atoms in total. The van der Waals surface area contributed by atoms with E-state index in [0.717, 1.165) is 14.4 Å². The molecule has 1 amide bonds. The molecule has 0 fully saturated rings. The molecule has 3 rings (SSSR count). The fourth-order valence-corrected chi connectivity index (χ4v) is 4.41. The predicted octanol–water partition coefficient (Wildman–Crippen LogP) is 3.84. The summed E-state index contributed by atoms with van der Waals surface area (Å²) in [6.45, 7) is 2.00. The van der Waals surface area contributed by atoms with Crippen LogP contribution in [0.25, 0.3) is 0 Å². The molecule has 0 saturated heterocycles. The third-order valence-corrected chi connectivity index (χ3v) is 7.15. The van der Waals surface area contributed by atoms with Gasteiger partial charge in [0, 0.05) is 19.7 Å². The molecule has 36 heavy (non-hydrogen) atoms. The molecule has 3 aromatic carbocycles. The monoisotopic (exact) mass is 515 g/mol. The summed E-state index contributed by atoms with van der Waals surface area (Å²) < 4.78 is 53.0. The second-order valence-electron chi connectivity index (χ2n) is 8.31. The van der Waals surface area contributed by atoms with Crippen molar-refractivity contribution in [2.75, 3.05) is 32.1 Å². The molecule has 3 aromatic rings. The Balaban J connectivity index is 1.65. The third-order valence-electron chi connectivity index (χ3n) is 5.34. The summed E-state index contributed by atoms with van der Waals surface area (Å²) in [6.07, 6.45) is 0. The molecule has 0 aromatic heterocycles. The number of carbonyl (C=O) groups is 1. The standard InChI is InChI=1S/C26H30FN3O5S/c1-19(18-35-23-15-13-22(34-4)14-16-23)28-26(31)21-11-9-20(10-12-21)17-30(36(32,33)29(2)3)25-8-6-5-7-24(25)27/h5-16,19H,17-18H2,1-4H3,(H,28,31)/t19-/m1/s1. The van der Waals surface area contributed by atoms with Gasteiger partial charge in [0.1, 0.15) is 23.9 Å². The zero-order valence-corrected chi connectivity index (χ0v) is 21.5. The summed E-state index contributed by atoms with van der Waals surface area (Å²) in [5, 5.41) is 2.87. The quantitative estimate of drug-likeness (QED) is 0.419. The topological polar surface area (TPSA) is 88.2 Å². The number of hydrogen-bond acceptors (Lipinski definition) is 5. The van der Waals surface area contributed by atoms with Gasteiger partial charge in [-0.1, -0.05) is 24.3 Å². The van der Waals surface area contributed by atoms with E-state index in [1.54, 1.807) is 61.7 Å². The maximum absolute atomic E-state index is 14.4. The van der Waals surface area contributed by atoms with Crippen LogP contribution < -0.4 is 19.1 Å². The Morgan fingerprint density at radius 1 is 0.972 bits per heavy atom. The lowest BCUT2D eigenvalue weighted by Crippen LogP contribution is -2.40. The lowest BCUT2D eigenvalue weighted by atomic mass is 10.1. The smallest absolute Gasteiger partial charge is 0.303 e. The van der Waals surface area contributed by atoms with E-state index in [4.69, 9.17) is 9.47 Å². The molecule has 192 valence electrons. The average molecular weight is 516 g/mol. The Morgan fingerprint density at radius 3 is 2.17 bits per heavy atom. The molecule has 0 saturated carbocycles. The predicted molar refractivity (Wildman–Crippen MR) is 137 cm³/mol.